The highest BCUT2D eigenvalue weighted by Crippen LogP contribution is 2.23. The van der Waals surface area contributed by atoms with E-state index in [0.717, 1.165) is 40.1 Å². The summed E-state index contributed by atoms with van der Waals surface area (Å²) < 4.78 is 26.8. The number of carbonyl (C=O) groups excluding carboxylic acids is 2. The van der Waals surface area contributed by atoms with Gasteiger partial charge in [0.2, 0.25) is 21.8 Å². The predicted molar refractivity (Wildman–Crippen MR) is 157 cm³/mol. The van der Waals surface area contributed by atoms with Gasteiger partial charge in [-0.25, -0.2) is 8.42 Å². The molecule has 0 aliphatic heterocycles. The van der Waals surface area contributed by atoms with Crippen LogP contribution in [-0.2, 0) is 32.6 Å². The molecule has 0 radical (unpaired) electrons. The van der Waals surface area contributed by atoms with E-state index < -0.39 is 28.5 Å². The molecule has 7 nitrogen and oxygen atoms in total. The lowest BCUT2D eigenvalue weighted by atomic mass is 10.0. The monoisotopic (exact) mass is 569 g/mol. The van der Waals surface area contributed by atoms with E-state index in [4.69, 9.17) is 11.6 Å². The fourth-order valence-corrected chi connectivity index (χ4v) is 5.32. The van der Waals surface area contributed by atoms with E-state index in [9.17, 15) is 18.0 Å². The number of amides is 2. The number of anilines is 1. The first-order chi connectivity index (χ1) is 18.6. The first-order valence-corrected chi connectivity index (χ1v) is 15.2. The van der Waals surface area contributed by atoms with Crippen LogP contribution in [0.2, 0.25) is 5.02 Å². The van der Waals surface area contributed by atoms with E-state index >= 15 is 0 Å². The van der Waals surface area contributed by atoms with Gasteiger partial charge in [-0.3, -0.25) is 13.9 Å². The molecule has 1 N–H and O–H groups in total. The Balaban J connectivity index is 2.03. The highest BCUT2D eigenvalue weighted by Gasteiger charge is 2.33. The van der Waals surface area contributed by atoms with Crippen LogP contribution in [0.3, 0.4) is 0 Å². The van der Waals surface area contributed by atoms with Crippen LogP contribution in [0.5, 0.6) is 0 Å². The molecule has 0 unspecified atom stereocenters. The molecule has 0 aliphatic rings. The second-order valence-corrected chi connectivity index (χ2v) is 11.9. The van der Waals surface area contributed by atoms with Gasteiger partial charge in [-0.1, -0.05) is 85.6 Å². The minimum absolute atomic E-state index is 0.111. The summed E-state index contributed by atoms with van der Waals surface area (Å²) in [4.78, 5) is 29.1. The van der Waals surface area contributed by atoms with Crippen molar-refractivity contribution in [3.63, 3.8) is 0 Å². The van der Waals surface area contributed by atoms with Crippen molar-refractivity contribution in [2.75, 3.05) is 23.7 Å². The van der Waals surface area contributed by atoms with Crippen LogP contribution in [0.15, 0.2) is 78.9 Å². The van der Waals surface area contributed by atoms with Gasteiger partial charge in [-0.2, -0.15) is 0 Å². The number of nitrogens with zero attached hydrogens (tertiary/aromatic N) is 2. The molecule has 3 aromatic rings. The third-order valence-corrected chi connectivity index (χ3v) is 7.81. The molecule has 0 bridgehead atoms. The molecule has 208 valence electrons. The number of sulfonamides is 1. The summed E-state index contributed by atoms with van der Waals surface area (Å²) >= 11 is 6.09. The maximum absolute atomic E-state index is 14.0. The van der Waals surface area contributed by atoms with Gasteiger partial charge in [0.25, 0.3) is 0 Å². The fourth-order valence-electron chi connectivity index (χ4n) is 4.28. The molecule has 0 saturated heterocycles. The van der Waals surface area contributed by atoms with E-state index in [1.54, 1.807) is 49.4 Å². The van der Waals surface area contributed by atoms with Crippen molar-refractivity contribution in [1.29, 1.82) is 0 Å². The third kappa shape index (κ3) is 8.83. The van der Waals surface area contributed by atoms with Crippen LogP contribution in [0.1, 0.15) is 36.5 Å². The zero-order valence-electron chi connectivity index (χ0n) is 22.6. The lowest BCUT2D eigenvalue weighted by Gasteiger charge is -2.33. The number of carbonyl (C=O) groups is 2. The van der Waals surface area contributed by atoms with Gasteiger partial charge in [0.1, 0.15) is 12.6 Å². The zero-order chi connectivity index (χ0) is 28.4. The highest BCUT2D eigenvalue weighted by molar-refractivity contribution is 7.92. The normalized spacial score (nSPS) is 12.0. The van der Waals surface area contributed by atoms with Gasteiger partial charge < -0.3 is 10.2 Å². The summed E-state index contributed by atoms with van der Waals surface area (Å²) in [6.45, 7) is 3.99. The molecule has 9 heteroatoms. The average Bonchev–Trinajstić information content (AvgIpc) is 2.91. The SMILES string of the molecule is CCCCNC(=O)[C@H](Cc1ccccc1)N(Cc1ccc(Cl)cc1)C(=O)CN(c1ccccc1C)S(C)(=O)=O. The molecule has 1 atom stereocenters. The quantitative estimate of drug-likeness (QED) is 0.294. The predicted octanol–water partition coefficient (Wildman–Crippen LogP) is 4.97. The maximum Gasteiger partial charge on any atom is 0.244 e. The second-order valence-electron chi connectivity index (χ2n) is 9.55. The summed E-state index contributed by atoms with van der Waals surface area (Å²) in [6.07, 6.45) is 3.08. The van der Waals surface area contributed by atoms with Gasteiger partial charge in [-0.05, 0) is 48.2 Å². The van der Waals surface area contributed by atoms with Crippen LogP contribution in [0.4, 0.5) is 5.69 Å². The van der Waals surface area contributed by atoms with Gasteiger partial charge in [-0.15, -0.1) is 0 Å². The number of halogens is 1. The largest absolute Gasteiger partial charge is 0.354 e. The molecule has 3 aromatic carbocycles. The van der Waals surface area contributed by atoms with Crippen LogP contribution in [0, 0.1) is 6.92 Å². The smallest absolute Gasteiger partial charge is 0.244 e. The molecule has 39 heavy (non-hydrogen) atoms. The van der Waals surface area contributed by atoms with Crippen LogP contribution >= 0.6 is 11.6 Å². The Labute approximate surface area is 236 Å². The molecule has 2 amide bonds. The number of hydrogen-bond acceptors (Lipinski definition) is 4. The Hall–Kier alpha value is -3.36. The van der Waals surface area contributed by atoms with Crippen molar-refractivity contribution in [3.05, 3.63) is 101 Å². The number of nitrogens with one attached hydrogen (secondary N) is 1. The average molecular weight is 570 g/mol. The number of para-hydroxylation sites is 1. The molecule has 0 fully saturated rings. The Morgan fingerprint density at radius 2 is 1.56 bits per heavy atom. The van der Waals surface area contributed by atoms with E-state index in [0.29, 0.717) is 17.3 Å². The first kappa shape index (κ1) is 30.2. The summed E-state index contributed by atoms with van der Waals surface area (Å²) in [5, 5.41) is 3.53. The Kier molecular flexibility index (Phi) is 10.9. The van der Waals surface area contributed by atoms with Gasteiger partial charge in [0.15, 0.2) is 0 Å². The number of unbranched alkanes of at least 4 members (excludes halogenated alkanes) is 1. The van der Waals surface area contributed by atoms with E-state index in [-0.39, 0.29) is 18.9 Å². The summed E-state index contributed by atoms with van der Waals surface area (Å²) in [5.74, 6) is -0.762. The van der Waals surface area contributed by atoms with Gasteiger partial charge >= 0.3 is 0 Å². The van der Waals surface area contributed by atoms with Crippen LogP contribution < -0.4 is 9.62 Å². The van der Waals surface area contributed by atoms with Crippen LogP contribution in [-0.4, -0.2) is 50.5 Å². The number of rotatable bonds is 13. The fraction of sp³-hybridized carbons (Fsp3) is 0.333. The first-order valence-electron chi connectivity index (χ1n) is 13.0. The Morgan fingerprint density at radius 1 is 0.923 bits per heavy atom. The minimum atomic E-state index is -3.80. The second kappa shape index (κ2) is 14.1. The molecular formula is C30H36ClN3O4S. The third-order valence-electron chi connectivity index (χ3n) is 6.43. The van der Waals surface area contributed by atoms with E-state index in [1.165, 1.54) is 4.90 Å². The molecule has 0 heterocycles. The Morgan fingerprint density at radius 3 is 2.18 bits per heavy atom. The van der Waals surface area contributed by atoms with Crippen molar-refractivity contribution in [3.8, 4) is 0 Å². The zero-order valence-corrected chi connectivity index (χ0v) is 24.2. The van der Waals surface area contributed by atoms with Crippen molar-refractivity contribution in [2.24, 2.45) is 0 Å². The van der Waals surface area contributed by atoms with E-state index in [1.807, 2.05) is 43.3 Å². The minimum Gasteiger partial charge on any atom is -0.354 e. The summed E-state index contributed by atoms with van der Waals surface area (Å²) in [6, 6.07) is 22.7. The lowest BCUT2D eigenvalue weighted by Crippen LogP contribution is -2.53. The number of aryl methyl sites for hydroxylation is 1. The van der Waals surface area contributed by atoms with Crippen molar-refractivity contribution < 1.29 is 18.0 Å². The molecule has 0 saturated carbocycles. The van der Waals surface area contributed by atoms with E-state index in [2.05, 4.69) is 5.32 Å². The van der Waals surface area contributed by atoms with Gasteiger partial charge in [0.05, 0.1) is 11.9 Å². The lowest BCUT2D eigenvalue weighted by molar-refractivity contribution is -0.140. The van der Waals surface area contributed by atoms with Gasteiger partial charge in [0, 0.05) is 24.5 Å². The highest BCUT2D eigenvalue weighted by atomic mass is 35.5. The molecule has 0 spiro atoms. The van der Waals surface area contributed by atoms with Crippen LogP contribution in [0.25, 0.3) is 0 Å². The molecule has 0 aliphatic carbocycles. The molecule has 0 aromatic heterocycles. The summed E-state index contributed by atoms with van der Waals surface area (Å²) in [5.41, 5.74) is 2.81. The maximum atomic E-state index is 14.0. The summed E-state index contributed by atoms with van der Waals surface area (Å²) in [7, 11) is -3.80. The van der Waals surface area contributed by atoms with Crippen molar-refractivity contribution in [2.45, 2.75) is 45.7 Å². The van der Waals surface area contributed by atoms with Crippen molar-refractivity contribution >= 4 is 39.1 Å². The Bertz CT molecular complexity index is 1350. The standard InChI is InChI=1S/C30H36ClN3O4S/c1-4-5-19-32-30(36)28(20-24-12-7-6-8-13-24)33(21-25-15-17-26(31)18-16-25)29(35)22-34(39(3,37)38)27-14-10-9-11-23(27)2/h6-18,28H,4-5,19-22H2,1-3H3,(H,32,36)/t28-/m0/s1. The topological polar surface area (TPSA) is 86.8 Å². The molecule has 3 rings (SSSR count). The number of benzene rings is 3. The number of hydrogen-bond donors (Lipinski definition) is 1. The van der Waals surface area contributed by atoms with Crippen molar-refractivity contribution in [1.82, 2.24) is 10.2 Å². The molecular weight excluding hydrogens is 534 g/mol.